The van der Waals surface area contributed by atoms with Crippen molar-refractivity contribution in [3.8, 4) is 0 Å². The molecule has 0 spiro atoms. The molecule has 1 atom stereocenters. The standard InChI is InChI=1S/C14H22N2/c1-11(2)16-8-4-5-14(10-16)13-6-7-15-12(3)9-13/h6-7,9,11,14H,4-5,8,10H2,1-3H3/t14-/m1/s1. The van der Waals surface area contributed by atoms with Gasteiger partial charge in [0.2, 0.25) is 0 Å². The molecule has 1 aliphatic heterocycles. The summed E-state index contributed by atoms with van der Waals surface area (Å²) in [6, 6.07) is 5.10. The smallest absolute Gasteiger partial charge is 0.0375 e. The topological polar surface area (TPSA) is 16.1 Å². The van der Waals surface area contributed by atoms with Gasteiger partial charge in [-0.05, 0) is 63.8 Å². The van der Waals surface area contributed by atoms with E-state index in [9.17, 15) is 0 Å². The summed E-state index contributed by atoms with van der Waals surface area (Å²) in [5, 5.41) is 0. The van der Waals surface area contributed by atoms with Crippen molar-refractivity contribution in [1.82, 2.24) is 9.88 Å². The minimum absolute atomic E-state index is 0.672. The van der Waals surface area contributed by atoms with E-state index in [2.05, 4.69) is 42.8 Å². The third-order valence-electron chi connectivity index (χ3n) is 3.58. The maximum Gasteiger partial charge on any atom is 0.0375 e. The average molecular weight is 218 g/mol. The van der Waals surface area contributed by atoms with Gasteiger partial charge in [0, 0.05) is 24.5 Å². The van der Waals surface area contributed by atoms with Gasteiger partial charge in [0.1, 0.15) is 0 Å². The summed E-state index contributed by atoms with van der Waals surface area (Å²) >= 11 is 0. The summed E-state index contributed by atoms with van der Waals surface area (Å²) in [7, 11) is 0. The van der Waals surface area contributed by atoms with E-state index in [1.807, 2.05) is 6.20 Å². The van der Waals surface area contributed by atoms with E-state index < -0.39 is 0 Å². The molecule has 16 heavy (non-hydrogen) atoms. The fraction of sp³-hybridized carbons (Fsp3) is 0.643. The zero-order valence-electron chi connectivity index (χ0n) is 10.6. The predicted molar refractivity (Wildman–Crippen MR) is 67.7 cm³/mol. The van der Waals surface area contributed by atoms with Gasteiger partial charge in [-0.25, -0.2) is 0 Å². The first-order valence-corrected chi connectivity index (χ1v) is 6.33. The van der Waals surface area contributed by atoms with Crippen molar-refractivity contribution in [2.45, 2.75) is 45.6 Å². The van der Waals surface area contributed by atoms with Gasteiger partial charge in [0.25, 0.3) is 0 Å². The SMILES string of the molecule is Cc1cc([C@@H]2CCCN(C(C)C)C2)ccn1. The van der Waals surface area contributed by atoms with Gasteiger partial charge in [-0.1, -0.05) is 0 Å². The lowest BCUT2D eigenvalue weighted by molar-refractivity contribution is 0.167. The van der Waals surface area contributed by atoms with E-state index in [0.29, 0.717) is 12.0 Å². The highest BCUT2D eigenvalue weighted by Gasteiger charge is 2.22. The average Bonchev–Trinajstić information content (AvgIpc) is 2.29. The number of aromatic nitrogens is 1. The maximum absolute atomic E-state index is 4.28. The predicted octanol–water partition coefficient (Wildman–Crippen LogP) is 2.98. The van der Waals surface area contributed by atoms with Crippen LogP contribution < -0.4 is 0 Å². The van der Waals surface area contributed by atoms with Crippen molar-refractivity contribution in [1.29, 1.82) is 0 Å². The first-order valence-electron chi connectivity index (χ1n) is 6.33. The molecule has 0 amide bonds. The molecular weight excluding hydrogens is 196 g/mol. The van der Waals surface area contributed by atoms with Crippen LogP contribution in [0.2, 0.25) is 0 Å². The summed E-state index contributed by atoms with van der Waals surface area (Å²) in [5.74, 6) is 0.706. The third-order valence-corrected chi connectivity index (χ3v) is 3.58. The van der Waals surface area contributed by atoms with Crippen molar-refractivity contribution < 1.29 is 0 Å². The Morgan fingerprint density at radius 2 is 2.25 bits per heavy atom. The van der Waals surface area contributed by atoms with Gasteiger partial charge in [0.05, 0.1) is 0 Å². The van der Waals surface area contributed by atoms with Crippen LogP contribution in [-0.4, -0.2) is 29.0 Å². The van der Waals surface area contributed by atoms with Gasteiger partial charge in [-0.3, -0.25) is 4.98 Å². The van der Waals surface area contributed by atoms with Crippen LogP contribution in [0.25, 0.3) is 0 Å². The van der Waals surface area contributed by atoms with Crippen LogP contribution in [0.5, 0.6) is 0 Å². The highest BCUT2D eigenvalue weighted by molar-refractivity contribution is 5.21. The Kier molecular flexibility index (Phi) is 3.59. The lowest BCUT2D eigenvalue weighted by atomic mass is 9.90. The molecule has 0 bridgehead atoms. The Labute approximate surface area is 98.7 Å². The number of hydrogen-bond acceptors (Lipinski definition) is 2. The molecule has 0 saturated carbocycles. The second-order valence-corrected chi connectivity index (χ2v) is 5.16. The van der Waals surface area contributed by atoms with Crippen LogP contribution in [0.1, 0.15) is 43.9 Å². The Bertz CT molecular complexity index is 346. The second-order valence-electron chi connectivity index (χ2n) is 5.16. The first-order chi connectivity index (χ1) is 7.66. The van der Waals surface area contributed by atoms with Crippen LogP contribution in [-0.2, 0) is 0 Å². The Morgan fingerprint density at radius 1 is 1.44 bits per heavy atom. The van der Waals surface area contributed by atoms with E-state index in [1.54, 1.807) is 0 Å². The quantitative estimate of drug-likeness (QED) is 0.758. The molecule has 0 radical (unpaired) electrons. The number of rotatable bonds is 2. The first kappa shape index (κ1) is 11.6. The minimum Gasteiger partial charge on any atom is -0.300 e. The number of aryl methyl sites for hydroxylation is 1. The van der Waals surface area contributed by atoms with Crippen LogP contribution in [0.3, 0.4) is 0 Å². The Hall–Kier alpha value is -0.890. The van der Waals surface area contributed by atoms with Gasteiger partial charge in [0.15, 0.2) is 0 Å². The number of piperidine rings is 1. The normalized spacial score (nSPS) is 22.6. The van der Waals surface area contributed by atoms with Crippen LogP contribution >= 0.6 is 0 Å². The zero-order valence-corrected chi connectivity index (χ0v) is 10.6. The monoisotopic (exact) mass is 218 g/mol. The summed E-state index contributed by atoms with van der Waals surface area (Å²) in [4.78, 5) is 6.86. The Balaban J connectivity index is 2.09. The van der Waals surface area contributed by atoms with Crippen molar-refractivity contribution >= 4 is 0 Å². The molecule has 1 aromatic rings. The van der Waals surface area contributed by atoms with Gasteiger partial charge in [-0.15, -0.1) is 0 Å². The minimum atomic E-state index is 0.672. The lowest BCUT2D eigenvalue weighted by Gasteiger charge is -2.35. The molecule has 2 heteroatoms. The summed E-state index contributed by atoms with van der Waals surface area (Å²) in [6.07, 6.45) is 4.59. The fourth-order valence-corrected chi connectivity index (χ4v) is 2.57. The van der Waals surface area contributed by atoms with Crippen molar-refractivity contribution in [3.63, 3.8) is 0 Å². The molecule has 0 aromatic carbocycles. The highest BCUT2D eigenvalue weighted by atomic mass is 15.2. The number of pyridine rings is 1. The van der Waals surface area contributed by atoms with Gasteiger partial charge >= 0.3 is 0 Å². The number of hydrogen-bond donors (Lipinski definition) is 0. The maximum atomic E-state index is 4.28. The van der Waals surface area contributed by atoms with E-state index in [4.69, 9.17) is 0 Å². The van der Waals surface area contributed by atoms with Crippen LogP contribution in [0.4, 0.5) is 0 Å². The van der Waals surface area contributed by atoms with Crippen molar-refractivity contribution in [3.05, 3.63) is 29.6 Å². The Morgan fingerprint density at radius 3 is 2.94 bits per heavy atom. The molecule has 0 N–H and O–H groups in total. The molecule has 2 nitrogen and oxygen atoms in total. The second kappa shape index (κ2) is 4.96. The molecular formula is C14H22N2. The van der Waals surface area contributed by atoms with Crippen molar-refractivity contribution in [2.75, 3.05) is 13.1 Å². The van der Waals surface area contributed by atoms with Gasteiger partial charge in [-0.2, -0.15) is 0 Å². The summed E-state index contributed by atoms with van der Waals surface area (Å²) in [5.41, 5.74) is 2.61. The van der Waals surface area contributed by atoms with E-state index >= 15 is 0 Å². The van der Waals surface area contributed by atoms with E-state index in [0.717, 1.165) is 5.69 Å². The molecule has 1 aromatic heterocycles. The largest absolute Gasteiger partial charge is 0.300 e. The number of nitrogens with zero attached hydrogens (tertiary/aromatic N) is 2. The zero-order chi connectivity index (χ0) is 11.5. The summed E-state index contributed by atoms with van der Waals surface area (Å²) < 4.78 is 0. The summed E-state index contributed by atoms with van der Waals surface area (Å²) in [6.45, 7) is 9.13. The van der Waals surface area contributed by atoms with E-state index in [1.165, 1.54) is 31.5 Å². The number of likely N-dealkylation sites (tertiary alicyclic amines) is 1. The molecule has 1 fully saturated rings. The molecule has 1 aliphatic rings. The molecule has 88 valence electrons. The highest BCUT2D eigenvalue weighted by Crippen LogP contribution is 2.27. The molecule has 0 aliphatic carbocycles. The van der Waals surface area contributed by atoms with Crippen LogP contribution in [0.15, 0.2) is 18.3 Å². The molecule has 0 unspecified atom stereocenters. The fourth-order valence-electron chi connectivity index (χ4n) is 2.57. The lowest BCUT2D eigenvalue weighted by Crippen LogP contribution is -2.39. The van der Waals surface area contributed by atoms with Crippen molar-refractivity contribution in [2.24, 2.45) is 0 Å². The van der Waals surface area contributed by atoms with Crippen LogP contribution in [0, 0.1) is 6.92 Å². The molecule has 2 rings (SSSR count). The third kappa shape index (κ3) is 2.62. The van der Waals surface area contributed by atoms with Gasteiger partial charge < -0.3 is 4.90 Å². The van der Waals surface area contributed by atoms with E-state index in [-0.39, 0.29) is 0 Å². The molecule has 1 saturated heterocycles. The molecule has 2 heterocycles.